The van der Waals surface area contributed by atoms with Crippen molar-refractivity contribution in [3.8, 4) is 24.1 Å². The van der Waals surface area contributed by atoms with Gasteiger partial charge in [-0.15, -0.1) is 6.42 Å². The number of fused-ring (bicyclic) bond motifs is 5. The molecule has 2 aromatic carbocycles. The number of phenolic OH excluding ortho intramolecular Hbond substituents is 1. The van der Waals surface area contributed by atoms with Crippen molar-refractivity contribution >= 4 is 40.3 Å². The van der Waals surface area contributed by atoms with Gasteiger partial charge in [0, 0.05) is 62.2 Å². The van der Waals surface area contributed by atoms with Gasteiger partial charge in [0.2, 0.25) is 0 Å². The largest absolute Gasteiger partial charge is 0.508 e. The maximum Gasteiger partial charge on any atom is 0.319 e. The number of anilines is 1. The number of ether oxygens (including phenoxy) is 1. The number of phenols is 1. The lowest BCUT2D eigenvalue weighted by molar-refractivity contribution is 0.107. The Morgan fingerprint density at radius 3 is 2.63 bits per heavy atom. The molecule has 3 unspecified atom stereocenters. The van der Waals surface area contributed by atoms with Crippen LogP contribution in [0.4, 0.5) is 14.6 Å². The van der Waals surface area contributed by atoms with Crippen molar-refractivity contribution in [3.63, 3.8) is 0 Å². The van der Waals surface area contributed by atoms with Gasteiger partial charge in [0.25, 0.3) is 0 Å². The molecule has 5 aliphatic heterocycles. The number of aromatic nitrogens is 2. The molecule has 5 fully saturated rings. The third-order valence-electron chi connectivity index (χ3n) is 11.2. The summed E-state index contributed by atoms with van der Waals surface area (Å²) in [6, 6.07) is 7.69. The second-order valence-corrected chi connectivity index (χ2v) is 15.1. The predicted molar refractivity (Wildman–Crippen MR) is 188 cm³/mol. The first-order valence-corrected chi connectivity index (χ1v) is 18.2. The maximum absolute atomic E-state index is 15.1. The number of terminal acetylenes is 1. The molecule has 1 aromatic heterocycles. The number of piperazine rings is 1. The Hall–Kier alpha value is -3.63. The van der Waals surface area contributed by atoms with Gasteiger partial charge in [-0.1, -0.05) is 12.0 Å². The number of aliphatic hydroxyl groups excluding tert-OH is 1. The molecule has 258 valence electrons. The summed E-state index contributed by atoms with van der Waals surface area (Å²) in [5.41, 5.74) is 2.07. The molecule has 1 aliphatic carbocycles. The summed E-state index contributed by atoms with van der Waals surface area (Å²) in [5.74, 6) is 3.04. The van der Waals surface area contributed by atoms with Crippen LogP contribution in [0.25, 0.3) is 22.5 Å². The number of benzene rings is 2. The molecule has 0 amide bonds. The van der Waals surface area contributed by atoms with Crippen molar-refractivity contribution in [2.45, 2.75) is 86.1 Å². The van der Waals surface area contributed by atoms with Crippen LogP contribution in [-0.2, 0) is 0 Å². The summed E-state index contributed by atoms with van der Waals surface area (Å²) in [7, 11) is 1.00. The van der Waals surface area contributed by atoms with Crippen LogP contribution in [0.5, 0.6) is 11.8 Å². The molecule has 9 rings (SSSR count). The van der Waals surface area contributed by atoms with E-state index in [1.54, 1.807) is 30.1 Å². The van der Waals surface area contributed by atoms with Gasteiger partial charge in [-0.3, -0.25) is 4.90 Å². The summed E-state index contributed by atoms with van der Waals surface area (Å²) in [4.78, 5) is 15.7. The Bertz CT molecular complexity index is 1840. The highest BCUT2D eigenvalue weighted by atomic mass is 32.2. The lowest BCUT2D eigenvalue weighted by Gasteiger charge is -2.43. The van der Waals surface area contributed by atoms with E-state index in [0.717, 1.165) is 93.8 Å². The van der Waals surface area contributed by atoms with Crippen molar-refractivity contribution in [1.82, 2.24) is 24.5 Å². The van der Waals surface area contributed by atoms with E-state index in [0.29, 0.717) is 48.0 Å². The molecule has 1 saturated carbocycles. The zero-order valence-electron chi connectivity index (χ0n) is 27.7. The molecule has 0 radical (unpaired) electrons. The minimum absolute atomic E-state index is 0.0825. The third kappa shape index (κ3) is 5.68. The van der Waals surface area contributed by atoms with Crippen molar-refractivity contribution in [2.75, 3.05) is 44.8 Å². The Morgan fingerprint density at radius 2 is 1.90 bits per heavy atom. The van der Waals surface area contributed by atoms with Crippen LogP contribution in [0.15, 0.2) is 29.2 Å². The molecule has 49 heavy (non-hydrogen) atoms. The summed E-state index contributed by atoms with van der Waals surface area (Å²) < 4.78 is 38.5. The Balaban J connectivity index is 0.00000171. The van der Waals surface area contributed by atoms with Crippen LogP contribution >= 0.6 is 11.9 Å². The average molecular weight is 689 g/mol. The van der Waals surface area contributed by atoms with Crippen LogP contribution in [0.1, 0.15) is 68.2 Å². The fourth-order valence-electron chi connectivity index (χ4n) is 8.71. The molecular weight excluding hydrogens is 647 g/mol. The highest BCUT2D eigenvalue weighted by Gasteiger charge is 2.49. The monoisotopic (exact) mass is 688 g/mol. The molecule has 9 nitrogen and oxygen atoms in total. The molecule has 6 aliphatic rings. The van der Waals surface area contributed by atoms with Crippen LogP contribution in [0.3, 0.4) is 0 Å². The molecule has 4 saturated heterocycles. The number of aliphatic hydroxyl groups is 1. The Kier molecular flexibility index (Phi) is 8.59. The SMILES string of the molecule is C#Cc1c(F)ccc2cc(O)cc(C3=Cc4nc(OC[C@@]56CCCN5CC(F)C6)nc(N5CC6CCC(C5)N6)c4SN3C3CCC3)c12.CO. The van der Waals surface area contributed by atoms with E-state index in [-0.39, 0.29) is 28.9 Å². The zero-order chi connectivity index (χ0) is 33.9. The molecule has 12 heteroatoms. The van der Waals surface area contributed by atoms with Crippen molar-refractivity contribution in [2.24, 2.45) is 0 Å². The predicted octanol–water partition coefficient (Wildman–Crippen LogP) is 5.33. The van der Waals surface area contributed by atoms with Gasteiger partial charge < -0.3 is 29.5 Å². The van der Waals surface area contributed by atoms with Gasteiger partial charge in [0.15, 0.2) is 5.82 Å². The number of halogens is 2. The second-order valence-electron chi connectivity index (χ2n) is 14.1. The number of rotatable bonds is 6. The first-order chi connectivity index (χ1) is 23.9. The summed E-state index contributed by atoms with van der Waals surface area (Å²) in [6.45, 7) is 3.40. The van der Waals surface area contributed by atoms with E-state index in [1.165, 1.54) is 6.07 Å². The highest BCUT2D eigenvalue weighted by molar-refractivity contribution is 7.97. The fourth-order valence-corrected chi connectivity index (χ4v) is 9.97. The van der Waals surface area contributed by atoms with E-state index in [9.17, 15) is 9.50 Å². The average Bonchev–Trinajstić information content (AvgIpc) is 3.73. The lowest BCUT2D eigenvalue weighted by Crippen LogP contribution is -2.51. The minimum Gasteiger partial charge on any atom is -0.508 e. The van der Waals surface area contributed by atoms with Crippen molar-refractivity contribution in [3.05, 3.63) is 46.9 Å². The van der Waals surface area contributed by atoms with Crippen LogP contribution < -0.4 is 15.0 Å². The van der Waals surface area contributed by atoms with Gasteiger partial charge in [-0.05, 0) is 93.1 Å². The Morgan fingerprint density at radius 1 is 1.10 bits per heavy atom. The number of hydrogen-bond donors (Lipinski definition) is 3. The topological polar surface area (TPSA) is 97.2 Å². The normalized spacial score (nSPS) is 27.6. The van der Waals surface area contributed by atoms with E-state index in [2.05, 4.69) is 25.3 Å². The first kappa shape index (κ1) is 32.6. The van der Waals surface area contributed by atoms with E-state index in [4.69, 9.17) is 26.2 Å². The lowest BCUT2D eigenvalue weighted by atomic mass is 9.90. The van der Waals surface area contributed by atoms with E-state index in [1.807, 2.05) is 6.08 Å². The number of hydrogen-bond acceptors (Lipinski definition) is 10. The number of nitrogens with one attached hydrogen (secondary N) is 1. The summed E-state index contributed by atoms with van der Waals surface area (Å²) in [6.07, 6.45) is 14.9. The third-order valence-corrected chi connectivity index (χ3v) is 12.4. The zero-order valence-corrected chi connectivity index (χ0v) is 28.5. The number of aromatic hydroxyl groups is 1. The Labute approximate surface area is 289 Å². The minimum atomic E-state index is -0.843. The fraction of sp³-hybridized carbons (Fsp3) is 0.514. The van der Waals surface area contributed by atoms with Gasteiger partial charge in [0.05, 0.1) is 27.4 Å². The smallest absolute Gasteiger partial charge is 0.319 e. The first-order valence-electron chi connectivity index (χ1n) is 17.4. The van der Waals surface area contributed by atoms with E-state index >= 15 is 4.39 Å². The molecular formula is C37H42F2N6O3S. The second kappa shape index (κ2) is 12.9. The molecule has 3 aromatic rings. The number of nitrogens with zero attached hydrogens (tertiary/aromatic N) is 5. The van der Waals surface area contributed by atoms with Crippen molar-refractivity contribution < 1.29 is 23.7 Å². The number of alkyl halides is 1. The summed E-state index contributed by atoms with van der Waals surface area (Å²) in [5, 5.41) is 22.9. The molecule has 0 spiro atoms. The van der Waals surface area contributed by atoms with Gasteiger partial charge in [-0.2, -0.15) is 9.97 Å². The maximum atomic E-state index is 15.1. The van der Waals surface area contributed by atoms with Gasteiger partial charge >= 0.3 is 6.01 Å². The van der Waals surface area contributed by atoms with Crippen molar-refractivity contribution in [1.29, 1.82) is 0 Å². The summed E-state index contributed by atoms with van der Waals surface area (Å²) >= 11 is 1.62. The molecule has 2 bridgehead atoms. The molecule has 3 N–H and O–H groups in total. The van der Waals surface area contributed by atoms with Gasteiger partial charge in [0.1, 0.15) is 24.3 Å². The molecule has 6 heterocycles. The van der Waals surface area contributed by atoms with Gasteiger partial charge in [-0.25, -0.2) is 8.78 Å². The quantitative estimate of drug-likeness (QED) is 0.233. The molecule has 4 atom stereocenters. The van der Waals surface area contributed by atoms with E-state index < -0.39 is 12.0 Å². The van der Waals surface area contributed by atoms with Crippen LogP contribution in [0, 0.1) is 18.2 Å². The van der Waals surface area contributed by atoms with Crippen LogP contribution in [-0.4, -0.2) is 99.1 Å². The highest BCUT2D eigenvalue weighted by Crippen LogP contribution is 2.51. The van der Waals surface area contributed by atoms with Crippen LogP contribution in [0.2, 0.25) is 0 Å². The standard InChI is InChI=1S/C36H38F2N6O2S.CH4O/c1-2-27-29(38)10-7-21-13-26(45)14-28(32(21)27)31-15-30-33(47-44(31)25-5-3-6-25)34(42-18-23-8-9-24(19-42)39-23)41-35(40-30)46-20-36-11-4-12-43(36)17-22(37)16-36;1-2/h1,7,10,13-15,22-25,39,45H,3-6,8-9,11-12,16-20H2;2H,1H3/t22?,23?,24?,36-;/m0./s1.